The summed E-state index contributed by atoms with van der Waals surface area (Å²) in [6, 6.07) is 20.1. The number of hydrogen-bond acceptors (Lipinski definition) is 3. The number of likely N-dealkylation sites (tertiary alicyclic amines) is 1. The van der Waals surface area contributed by atoms with Crippen molar-refractivity contribution in [3.63, 3.8) is 0 Å². The number of benzene rings is 2. The van der Waals surface area contributed by atoms with Crippen LogP contribution in [0.5, 0.6) is 0 Å². The first-order valence-electron chi connectivity index (χ1n) is 10.2. The Morgan fingerprint density at radius 3 is 2.54 bits per heavy atom. The van der Waals surface area contributed by atoms with E-state index in [0.29, 0.717) is 18.2 Å². The molecule has 1 amide bonds. The third-order valence-corrected chi connectivity index (χ3v) is 5.75. The molecule has 1 aromatic heterocycles. The van der Waals surface area contributed by atoms with Crippen LogP contribution in [0.3, 0.4) is 0 Å². The van der Waals surface area contributed by atoms with E-state index >= 15 is 0 Å². The molecule has 1 aliphatic heterocycles. The number of hydrogen-bond donors (Lipinski definition) is 0. The summed E-state index contributed by atoms with van der Waals surface area (Å²) >= 11 is 0. The van der Waals surface area contributed by atoms with Gasteiger partial charge < -0.3 is 14.2 Å². The average molecular weight is 377 g/mol. The fraction of sp³-hybridized carbons (Fsp3) is 0.375. The van der Waals surface area contributed by atoms with Crippen molar-refractivity contribution in [1.29, 1.82) is 0 Å². The first-order chi connectivity index (χ1) is 13.7. The third-order valence-electron chi connectivity index (χ3n) is 5.75. The van der Waals surface area contributed by atoms with Crippen LogP contribution in [0.4, 0.5) is 0 Å². The van der Waals surface area contributed by atoms with E-state index in [1.165, 1.54) is 5.56 Å². The van der Waals surface area contributed by atoms with Gasteiger partial charge in [-0.3, -0.25) is 4.79 Å². The molecular formula is C24H28N2O2. The summed E-state index contributed by atoms with van der Waals surface area (Å²) in [7, 11) is 2.17. The van der Waals surface area contributed by atoms with E-state index in [2.05, 4.69) is 36.2 Å². The van der Waals surface area contributed by atoms with Crippen molar-refractivity contribution < 1.29 is 9.21 Å². The van der Waals surface area contributed by atoms with Crippen LogP contribution >= 0.6 is 0 Å². The van der Waals surface area contributed by atoms with Crippen molar-refractivity contribution in [3.05, 3.63) is 72.0 Å². The zero-order valence-electron chi connectivity index (χ0n) is 16.5. The van der Waals surface area contributed by atoms with Crippen LogP contribution in [0, 0.1) is 5.92 Å². The van der Waals surface area contributed by atoms with Gasteiger partial charge in [-0.2, -0.15) is 0 Å². The van der Waals surface area contributed by atoms with E-state index in [9.17, 15) is 4.79 Å². The van der Waals surface area contributed by atoms with Gasteiger partial charge in [0.2, 0.25) is 0 Å². The molecule has 2 heterocycles. The van der Waals surface area contributed by atoms with Gasteiger partial charge in [0, 0.05) is 18.5 Å². The van der Waals surface area contributed by atoms with Gasteiger partial charge in [0.05, 0.1) is 0 Å². The molecule has 0 spiro atoms. The largest absolute Gasteiger partial charge is 0.451 e. The van der Waals surface area contributed by atoms with Crippen LogP contribution in [0.2, 0.25) is 0 Å². The lowest BCUT2D eigenvalue weighted by Gasteiger charge is -2.33. The molecule has 4 rings (SSSR count). The molecule has 0 bridgehead atoms. The maximum Gasteiger partial charge on any atom is 0.289 e. The average Bonchev–Trinajstić information content (AvgIpc) is 3.17. The molecule has 4 heteroatoms. The van der Waals surface area contributed by atoms with E-state index < -0.39 is 0 Å². The molecule has 0 saturated carbocycles. The topological polar surface area (TPSA) is 36.7 Å². The lowest BCUT2D eigenvalue weighted by atomic mass is 9.96. The second kappa shape index (κ2) is 8.61. The van der Waals surface area contributed by atoms with Crippen molar-refractivity contribution >= 4 is 16.9 Å². The van der Waals surface area contributed by atoms with Gasteiger partial charge in [-0.05, 0) is 63.0 Å². The molecular weight excluding hydrogens is 348 g/mol. The molecule has 4 nitrogen and oxygen atoms in total. The first kappa shape index (κ1) is 18.8. The van der Waals surface area contributed by atoms with Gasteiger partial charge in [-0.25, -0.2) is 0 Å². The maximum atomic E-state index is 13.3. The highest BCUT2D eigenvalue weighted by molar-refractivity contribution is 5.96. The van der Waals surface area contributed by atoms with Crippen LogP contribution < -0.4 is 0 Å². The Hall–Kier alpha value is -2.59. The van der Waals surface area contributed by atoms with Crippen LogP contribution in [-0.4, -0.2) is 48.9 Å². The summed E-state index contributed by atoms with van der Waals surface area (Å²) in [6.45, 7) is 3.73. The molecule has 0 unspecified atom stereocenters. The quantitative estimate of drug-likeness (QED) is 0.637. The van der Waals surface area contributed by atoms with Crippen molar-refractivity contribution in [2.45, 2.75) is 19.3 Å². The van der Waals surface area contributed by atoms with E-state index in [1.807, 2.05) is 41.3 Å². The summed E-state index contributed by atoms with van der Waals surface area (Å²) in [6.07, 6.45) is 3.15. The van der Waals surface area contributed by atoms with Gasteiger partial charge in [-0.1, -0.05) is 48.5 Å². The molecule has 146 valence electrons. The molecule has 3 aromatic rings. The van der Waals surface area contributed by atoms with Crippen molar-refractivity contribution in [3.8, 4) is 0 Å². The molecule has 0 atom stereocenters. The van der Waals surface area contributed by atoms with E-state index in [0.717, 1.165) is 49.9 Å². The Balaban J connectivity index is 1.51. The standard InChI is InChI=1S/C24H28N2O2/c1-25-14-11-20(12-15-25)18-26(16-13-19-7-3-2-4-8-19)24(27)23-17-21-9-5-6-10-22(21)28-23/h2-10,17,20H,11-16,18H2,1H3. The Morgan fingerprint density at radius 1 is 1.07 bits per heavy atom. The summed E-state index contributed by atoms with van der Waals surface area (Å²) in [5, 5.41) is 0.980. The molecule has 2 aromatic carbocycles. The number of carbonyl (C=O) groups excluding carboxylic acids is 1. The van der Waals surface area contributed by atoms with Gasteiger partial charge in [0.15, 0.2) is 5.76 Å². The zero-order chi connectivity index (χ0) is 19.3. The number of piperidine rings is 1. The van der Waals surface area contributed by atoms with E-state index in [-0.39, 0.29) is 5.91 Å². The fourth-order valence-electron chi connectivity index (χ4n) is 3.98. The second-order valence-corrected chi connectivity index (χ2v) is 7.88. The maximum absolute atomic E-state index is 13.3. The van der Waals surface area contributed by atoms with Crippen LogP contribution in [0.1, 0.15) is 29.0 Å². The van der Waals surface area contributed by atoms with Crippen molar-refractivity contribution in [2.75, 3.05) is 33.2 Å². The van der Waals surface area contributed by atoms with Crippen LogP contribution in [-0.2, 0) is 6.42 Å². The molecule has 1 aliphatic rings. The molecule has 28 heavy (non-hydrogen) atoms. The van der Waals surface area contributed by atoms with Crippen molar-refractivity contribution in [1.82, 2.24) is 9.80 Å². The highest BCUT2D eigenvalue weighted by Gasteiger charge is 2.25. The molecule has 0 radical (unpaired) electrons. The molecule has 0 N–H and O–H groups in total. The number of furan rings is 1. The smallest absolute Gasteiger partial charge is 0.289 e. The number of fused-ring (bicyclic) bond motifs is 1. The number of carbonyl (C=O) groups is 1. The van der Waals surface area contributed by atoms with Crippen molar-refractivity contribution in [2.24, 2.45) is 5.92 Å². The Morgan fingerprint density at radius 2 is 1.79 bits per heavy atom. The third kappa shape index (κ3) is 4.45. The first-order valence-corrected chi connectivity index (χ1v) is 10.2. The van der Waals surface area contributed by atoms with E-state index in [4.69, 9.17) is 4.42 Å². The molecule has 1 fully saturated rings. The van der Waals surface area contributed by atoms with Crippen LogP contribution in [0.15, 0.2) is 65.1 Å². The lowest BCUT2D eigenvalue weighted by molar-refractivity contribution is 0.0671. The van der Waals surface area contributed by atoms with Gasteiger partial charge in [0.25, 0.3) is 5.91 Å². The van der Waals surface area contributed by atoms with Gasteiger partial charge in [-0.15, -0.1) is 0 Å². The van der Waals surface area contributed by atoms with E-state index in [1.54, 1.807) is 0 Å². The van der Waals surface area contributed by atoms with Crippen LogP contribution in [0.25, 0.3) is 11.0 Å². The number of nitrogens with zero attached hydrogens (tertiary/aromatic N) is 2. The number of para-hydroxylation sites is 1. The summed E-state index contributed by atoms with van der Waals surface area (Å²) < 4.78 is 5.87. The molecule has 0 aliphatic carbocycles. The summed E-state index contributed by atoms with van der Waals surface area (Å²) in [5.41, 5.74) is 2.03. The zero-order valence-corrected chi connectivity index (χ0v) is 16.5. The summed E-state index contributed by atoms with van der Waals surface area (Å²) in [5.74, 6) is 1.01. The summed E-state index contributed by atoms with van der Waals surface area (Å²) in [4.78, 5) is 17.7. The number of rotatable bonds is 6. The SMILES string of the molecule is CN1CCC(CN(CCc2ccccc2)C(=O)c2cc3ccccc3o2)CC1. The molecule has 1 saturated heterocycles. The normalized spacial score (nSPS) is 15.8. The highest BCUT2D eigenvalue weighted by atomic mass is 16.3. The minimum absolute atomic E-state index is 0.00561. The monoisotopic (exact) mass is 376 g/mol. The Labute approximate surface area is 166 Å². The van der Waals surface area contributed by atoms with Gasteiger partial charge in [0.1, 0.15) is 5.58 Å². The predicted octanol–water partition coefficient (Wildman–Crippen LogP) is 4.46. The number of amides is 1. The second-order valence-electron chi connectivity index (χ2n) is 7.88. The Bertz CT molecular complexity index is 878. The van der Waals surface area contributed by atoms with Gasteiger partial charge >= 0.3 is 0 Å². The Kier molecular flexibility index (Phi) is 5.77. The minimum Gasteiger partial charge on any atom is -0.451 e. The lowest BCUT2D eigenvalue weighted by Crippen LogP contribution is -2.40. The highest BCUT2D eigenvalue weighted by Crippen LogP contribution is 2.23. The predicted molar refractivity (Wildman–Crippen MR) is 112 cm³/mol. The fourth-order valence-corrected chi connectivity index (χ4v) is 3.98. The minimum atomic E-state index is 0.00561.